The van der Waals surface area contributed by atoms with Crippen molar-refractivity contribution in [3.05, 3.63) is 114 Å². The highest BCUT2D eigenvalue weighted by Crippen LogP contribution is 2.51. The zero-order valence-corrected chi connectivity index (χ0v) is 20.9. The molecule has 0 radical (unpaired) electrons. The molecule has 38 heavy (non-hydrogen) atoms. The molecule has 6 aromatic rings. The summed E-state index contributed by atoms with van der Waals surface area (Å²) in [6.45, 7) is 6.06. The SMILES string of the molecule is C=C/C=c1\c(=C/C)c2ccccc2n1-c1ccc2c(c1)OB1c3ccccc3-c3c(oc4ccccc34)N12. The zero-order chi connectivity index (χ0) is 25.4. The van der Waals surface area contributed by atoms with Gasteiger partial charge in [-0.3, -0.25) is 0 Å². The van der Waals surface area contributed by atoms with Gasteiger partial charge in [0.15, 0.2) is 5.88 Å². The molecular weight excluding hydrogens is 467 g/mol. The molecule has 0 fully saturated rings. The smallest absolute Gasteiger partial charge is 0.527 e. The summed E-state index contributed by atoms with van der Waals surface area (Å²) in [6, 6.07) is 31.7. The summed E-state index contributed by atoms with van der Waals surface area (Å²) in [5, 5.41) is 4.62. The largest absolute Gasteiger partial charge is 0.536 e. The molecule has 0 N–H and O–H groups in total. The average Bonchev–Trinajstić information content (AvgIpc) is 3.62. The van der Waals surface area contributed by atoms with Gasteiger partial charge in [0.05, 0.1) is 22.1 Å². The van der Waals surface area contributed by atoms with Gasteiger partial charge in [0.2, 0.25) is 0 Å². The molecule has 0 bridgehead atoms. The lowest BCUT2D eigenvalue weighted by Gasteiger charge is -2.27. The molecular formula is C33H23BN2O2. The third-order valence-corrected chi connectivity index (χ3v) is 7.74. The van der Waals surface area contributed by atoms with Crippen molar-refractivity contribution in [1.29, 1.82) is 0 Å². The molecule has 5 heteroatoms. The molecule has 2 aromatic heterocycles. The van der Waals surface area contributed by atoms with Gasteiger partial charge in [-0.15, -0.1) is 0 Å². The minimum Gasteiger partial charge on any atom is -0.536 e. The Morgan fingerprint density at radius 1 is 0.868 bits per heavy atom. The number of para-hydroxylation sites is 2. The number of hydrogen-bond acceptors (Lipinski definition) is 3. The van der Waals surface area contributed by atoms with Gasteiger partial charge in [-0.2, -0.15) is 0 Å². The fourth-order valence-electron chi connectivity index (χ4n) is 6.20. The zero-order valence-electron chi connectivity index (χ0n) is 20.9. The van der Waals surface area contributed by atoms with Crippen molar-refractivity contribution in [2.24, 2.45) is 0 Å². The van der Waals surface area contributed by atoms with Crippen LogP contribution in [0, 0.1) is 0 Å². The molecule has 8 rings (SSSR count). The Hall–Kier alpha value is -4.90. The molecule has 0 atom stereocenters. The monoisotopic (exact) mass is 490 g/mol. The molecule has 4 heterocycles. The van der Waals surface area contributed by atoms with E-state index in [0.717, 1.165) is 61.4 Å². The van der Waals surface area contributed by atoms with Crippen molar-refractivity contribution in [1.82, 2.24) is 4.57 Å². The highest BCUT2D eigenvalue weighted by atomic mass is 16.5. The van der Waals surface area contributed by atoms with Gasteiger partial charge < -0.3 is 18.4 Å². The molecule has 4 aromatic carbocycles. The number of hydrogen-bond donors (Lipinski definition) is 0. The van der Waals surface area contributed by atoms with E-state index in [-0.39, 0.29) is 7.05 Å². The summed E-state index contributed by atoms with van der Waals surface area (Å²) in [4.78, 5) is 2.20. The Morgan fingerprint density at radius 2 is 1.66 bits per heavy atom. The lowest BCUT2D eigenvalue weighted by Crippen LogP contribution is -2.50. The molecule has 180 valence electrons. The molecule has 0 unspecified atom stereocenters. The Morgan fingerprint density at radius 3 is 2.53 bits per heavy atom. The number of anilines is 2. The van der Waals surface area contributed by atoms with E-state index in [1.165, 1.54) is 10.6 Å². The summed E-state index contributed by atoms with van der Waals surface area (Å²) < 4.78 is 15.5. The van der Waals surface area contributed by atoms with E-state index < -0.39 is 0 Å². The van der Waals surface area contributed by atoms with Gasteiger partial charge >= 0.3 is 7.05 Å². The van der Waals surface area contributed by atoms with Gasteiger partial charge in [-0.1, -0.05) is 79.4 Å². The van der Waals surface area contributed by atoms with Crippen molar-refractivity contribution in [2.45, 2.75) is 6.92 Å². The van der Waals surface area contributed by atoms with Crippen LogP contribution in [0.3, 0.4) is 0 Å². The van der Waals surface area contributed by atoms with E-state index in [0.29, 0.717) is 0 Å². The summed E-state index contributed by atoms with van der Waals surface area (Å²) >= 11 is 0. The van der Waals surface area contributed by atoms with Gasteiger partial charge in [0, 0.05) is 27.7 Å². The van der Waals surface area contributed by atoms with E-state index in [4.69, 9.17) is 9.07 Å². The maximum absolute atomic E-state index is 6.71. The first-order chi connectivity index (χ1) is 18.8. The Kier molecular flexibility index (Phi) is 4.35. The van der Waals surface area contributed by atoms with Crippen LogP contribution in [0.2, 0.25) is 0 Å². The summed E-state index contributed by atoms with van der Waals surface area (Å²) in [5.41, 5.74) is 7.48. The van der Waals surface area contributed by atoms with Crippen LogP contribution in [0.25, 0.3) is 50.8 Å². The number of allylic oxidation sites excluding steroid dienone is 1. The summed E-state index contributed by atoms with van der Waals surface area (Å²) in [6.07, 6.45) is 6.09. The maximum Gasteiger partial charge on any atom is 0.527 e. The summed E-state index contributed by atoms with van der Waals surface area (Å²) in [5.74, 6) is 1.66. The van der Waals surface area contributed by atoms with E-state index in [2.05, 4.69) is 114 Å². The molecule has 0 aliphatic carbocycles. The first kappa shape index (κ1) is 21.2. The highest BCUT2D eigenvalue weighted by Gasteiger charge is 2.47. The number of benzene rings is 4. The van der Waals surface area contributed by atoms with Crippen molar-refractivity contribution >= 4 is 58.1 Å². The van der Waals surface area contributed by atoms with Gasteiger partial charge in [-0.25, -0.2) is 0 Å². The van der Waals surface area contributed by atoms with Crippen molar-refractivity contribution in [3.63, 3.8) is 0 Å². The Bertz CT molecular complexity index is 2070. The Labute approximate surface area is 220 Å². The van der Waals surface area contributed by atoms with E-state index in [1.807, 2.05) is 18.2 Å². The minimum absolute atomic E-state index is 0.287. The third kappa shape index (κ3) is 2.70. The molecule has 0 amide bonds. The van der Waals surface area contributed by atoms with E-state index >= 15 is 0 Å². The second-order valence-electron chi connectivity index (χ2n) is 9.70. The second-order valence-corrected chi connectivity index (χ2v) is 9.70. The number of fused-ring (bicyclic) bond motifs is 11. The van der Waals surface area contributed by atoms with E-state index in [1.54, 1.807) is 0 Å². The first-order valence-electron chi connectivity index (χ1n) is 12.9. The third-order valence-electron chi connectivity index (χ3n) is 7.74. The standard InChI is InChI=1S/C33H23BN2O2/c1-3-11-27-22(4-2)23-12-6-9-16-28(23)35(27)21-18-19-29-31(20-21)38-34-26-15-8-5-13-24(26)32-25-14-7-10-17-30(25)37-33(32)36(29)34/h3-20H,1H2,2H3/b22-4-,27-11+. The van der Waals surface area contributed by atoms with Crippen LogP contribution >= 0.6 is 0 Å². The summed E-state index contributed by atoms with van der Waals surface area (Å²) in [7, 11) is -0.287. The van der Waals surface area contributed by atoms with Crippen LogP contribution in [0.15, 0.2) is 108 Å². The fraction of sp³-hybridized carbons (Fsp3) is 0.0303. The number of aromatic nitrogens is 1. The van der Waals surface area contributed by atoms with Crippen LogP contribution in [-0.4, -0.2) is 11.6 Å². The second kappa shape index (κ2) is 7.80. The highest BCUT2D eigenvalue weighted by molar-refractivity contribution is 6.77. The van der Waals surface area contributed by atoms with Crippen LogP contribution in [0.5, 0.6) is 5.75 Å². The van der Waals surface area contributed by atoms with E-state index in [9.17, 15) is 0 Å². The lowest BCUT2D eigenvalue weighted by atomic mass is 9.65. The average molecular weight is 490 g/mol. The predicted molar refractivity (Wildman–Crippen MR) is 157 cm³/mol. The molecule has 0 spiro atoms. The van der Waals surface area contributed by atoms with Gasteiger partial charge in [-0.05, 0) is 48.3 Å². The normalized spacial score (nSPS) is 14.4. The van der Waals surface area contributed by atoms with Crippen LogP contribution in [0.4, 0.5) is 11.6 Å². The molecule has 2 aliphatic rings. The maximum atomic E-state index is 6.71. The van der Waals surface area contributed by atoms with Crippen LogP contribution < -0.4 is 25.5 Å². The van der Waals surface area contributed by atoms with Crippen molar-refractivity contribution in [2.75, 3.05) is 4.81 Å². The minimum atomic E-state index is -0.287. The van der Waals surface area contributed by atoms with Crippen LogP contribution in [0.1, 0.15) is 6.92 Å². The van der Waals surface area contributed by atoms with Crippen molar-refractivity contribution in [3.8, 4) is 22.6 Å². The number of nitrogens with zero attached hydrogens (tertiary/aromatic N) is 2. The first-order valence-corrected chi connectivity index (χ1v) is 12.9. The molecule has 0 saturated heterocycles. The van der Waals surface area contributed by atoms with Crippen molar-refractivity contribution < 1.29 is 9.07 Å². The lowest BCUT2D eigenvalue weighted by molar-refractivity contribution is 0.593. The topological polar surface area (TPSA) is 30.5 Å². The van der Waals surface area contributed by atoms with Gasteiger partial charge in [0.1, 0.15) is 11.3 Å². The van der Waals surface area contributed by atoms with Gasteiger partial charge in [0.25, 0.3) is 0 Å². The quantitative estimate of drug-likeness (QED) is 0.277. The number of rotatable bonds is 2. The predicted octanol–water partition coefficient (Wildman–Crippen LogP) is 6.05. The molecule has 0 saturated carbocycles. The molecule has 4 nitrogen and oxygen atoms in total. The fourth-order valence-corrected chi connectivity index (χ4v) is 6.20. The Balaban J connectivity index is 1.37. The van der Waals surface area contributed by atoms with Crippen LogP contribution in [-0.2, 0) is 0 Å². The number of furan rings is 1. The molecule has 2 aliphatic heterocycles.